The van der Waals surface area contributed by atoms with Gasteiger partial charge < -0.3 is 10.2 Å². The van der Waals surface area contributed by atoms with E-state index >= 15 is 0 Å². The van der Waals surface area contributed by atoms with Crippen LogP contribution in [0.25, 0.3) is 11.5 Å². The smallest absolute Gasteiger partial charge is 0.358 e. The van der Waals surface area contributed by atoms with Gasteiger partial charge in [-0.1, -0.05) is 24.3 Å². The maximum atomic E-state index is 13.3. The second-order valence-electron chi connectivity index (χ2n) is 6.49. The van der Waals surface area contributed by atoms with E-state index in [-0.39, 0.29) is 23.2 Å². The molecule has 0 radical (unpaired) electrons. The molecule has 4 rings (SSSR count). The maximum absolute atomic E-state index is 13.3. The summed E-state index contributed by atoms with van der Waals surface area (Å²) in [6, 6.07) is 14.1. The summed E-state index contributed by atoms with van der Waals surface area (Å²) in [6.07, 6.45) is -2.76. The standard InChI is InChI=1S/C20H16F3N5O/c21-20(22,23)16-12-17(27-18(26-16)14-8-4-5-10-24-14)25-15-9-11-28(19(15)29)13-6-2-1-3-7-13/h1-8,10,12,15H,9,11H2,(H,25,26,27). The zero-order chi connectivity index (χ0) is 20.4. The summed E-state index contributed by atoms with van der Waals surface area (Å²) < 4.78 is 40.0. The summed E-state index contributed by atoms with van der Waals surface area (Å²) in [5, 5.41) is 2.84. The minimum absolute atomic E-state index is 0.0683. The Morgan fingerprint density at radius 1 is 1.03 bits per heavy atom. The monoisotopic (exact) mass is 399 g/mol. The number of amides is 1. The van der Waals surface area contributed by atoms with Gasteiger partial charge in [0.1, 0.15) is 17.6 Å². The predicted molar refractivity (Wildman–Crippen MR) is 101 cm³/mol. The van der Waals surface area contributed by atoms with Gasteiger partial charge in [-0.2, -0.15) is 13.2 Å². The van der Waals surface area contributed by atoms with E-state index in [0.29, 0.717) is 13.0 Å². The highest BCUT2D eigenvalue weighted by Crippen LogP contribution is 2.31. The Morgan fingerprint density at radius 3 is 2.48 bits per heavy atom. The molecule has 3 heterocycles. The van der Waals surface area contributed by atoms with Gasteiger partial charge in [0.05, 0.1) is 0 Å². The van der Waals surface area contributed by atoms with Crippen LogP contribution < -0.4 is 10.2 Å². The van der Waals surface area contributed by atoms with E-state index in [1.165, 1.54) is 12.3 Å². The van der Waals surface area contributed by atoms with Crippen molar-refractivity contribution in [3.63, 3.8) is 0 Å². The topological polar surface area (TPSA) is 71.0 Å². The van der Waals surface area contributed by atoms with Crippen LogP contribution in [0.4, 0.5) is 24.7 Å². The van der Waals surface area contributed by atoms with Crippen molar-refractivity contribution in [2.75, 3.05) is 16.8 Å². The van der Waals surface area contributed by atoms with Crippen molar-refractivity contribution < 1.29 is 18.0 Å². The maximum Gasteiger partial charge on any atom is 0.433 e. The number of hydrogen-bond donors (Lipinski definition) is 1. The molecule has 1 atom stereocenters. The van der Waals surface area contributed by atoms with Crippen molar-refractivity contribution in [1.82, 2.24) is 15.0 Å². The van der Waals surface area contributed by atoms with Crippen molar-refractivity contribution >= 4 is 17.4 Å². The molecule has 1 aliphatic rings. The fourth-order valence-electron chi connectivity index (χ4n) is 3.13. The largest absolute Gasteiger partial charge is 0.433 e. The number of halogens is 3. The van der Waals surface area contributed by atoms with Crippen molar-refractivity contribution in [2.24, 2.45) is 0 Å². The van der Waals surface area contributed by atoms with Gasteiger partial charge in [-0.25, -0.2) is 9.97 Å². The van der Waals surface area contributed by atoms with Crippen LogP contribution in [0, 0.1) is 0 Å². The Bertz CT molecular complexity index is 1010. The molecule has 1 aliphatic heterocycles. The first-order valence-electron chi connectivity index (χ1n) is 8.92. The van der Waals surface area contributed by atoms with E-state index in [1.807, 2.05) is 30.3 Å². The zero-order valence-electron chi connectivity index (χ0n) is 15.1. The Kier molecular flexibility index (Phi) is 4.87. The summed E-state index contributed by atoms with van der Waals surface area (Å²) in [6.45, 7) is 0.463. The van der Waals surface area contributed by atoms with Crippen LogP contribution in [0.3, 0.4) is 0 Å². The second-order valence-corrected chi connectivity index (χ2v) is 6.49. The normalized spacial score (nSPS) is 16.9. The van der Waals surface area contributed by atoms with Crippen molar-refractivity contribution in [3.8, 4) is 11.5 Å². The molecule has 1 amide bonds. The van der Waals surface area contributed by atoms with Gasteiger partial charge in [0.15, 0.2) is 11.5 Å². The van der Waals surface area contributed by atoms with Crippen LogP contribution in [-0.2, 0) is 11.0 Å². The number of hydrogen-bond acceptors (Lipinski definition) is 5. The van der Waals surface area contributed by atoms with Gasteiger partial charge in [-0.15, -0.1) is 0 Å². The third kappa shape index (κ3) is 4.03. The molecule has 1 N–H and O–H groups in total. The lowest BCUT2D eigenvalue weighted by molar-refractivity contribution is -0.141. The summed E-state index contributed by atoms with van der Waals surface area (Å²) in [5.74, 6) is -0.447. The number of carbonyl (C=O) groups excluding carboxylic acids is 1. The van der Waals surface area contributed by atoms with E-state index in [1.54, 1.807) is 17.0 Å². The fourth-order valence-corrected chi connectivity index (χ4v) is 3.13. The molecule has 1 unspecified atom stereocenters. The lowest BCUT2D eigenvalue weighted by Gasteiger charge is -2.18. The SMILES string of the molecule is O=C1C(Nc2cc(C(F)(F)F)nc(-c3ccccn3)n2)CCN1c1ccccc1. The molecular weight excluding hydrogens is 383 g/mol. The molecule has 148 valence electrons. The minimum Gasteiger partial charge on any atom is -0.358 e. The number of pyridine rings is 1. The molecule has 6 nitrogen and oxygen atoms in total. The van der Waals surface area contributed by atoms with Gasteiger partial charge in [0.2, 0.25) is 5.91 Å². The number of aromatic nitrogens is 3. The molecule has 9 heteroatoms. The number of benzene rings is 1. The number of rotatable bonds is 4. The molecular formula is C20H16F3N5O. The van der Waals surface area contributed by atoms with Crippen molar-refractivity contribution in [3.05, 3.63) is 66.5 Å². The Labute approximate surface area is 164 Å². The third-order valence-corrected chi connectivity index (χ3v) is 4.51. The van der Waals surface area contributed by atoms with E-state index in [4.69, 9.17) is 0 Å². The van der Waals surface area contributed by atoms with Gasteiger partial charge in [0, 0.05) is 24.5 Å². The summed E-state index contributed by atoms with van der Waals surface area (Å²) in [5.41, 5.74) is -0.138. The van der Waals surface area contributed by atoms with Crippen LogP contribution in [0.15, 0.2) is 60.8 Å². The Hall–Kier alpha value is -3.49. The molecule has 0 spiro atoms. The quantitative estimate of drug-likeness (QED) is 0.723. The molecule has 29 heavy (non-hydrogen) atoms. The molecule has 0 bridgehead atoms. The van der Waals surface area contributed by atoms with Crippen LogP contribution in [-0.4, -0.2) is 33.4 Å². The Balaban J connectivity index is 1.62. The van der Waals surface area contributed by atoms with Gasteiger partial charge >= 0.3 is 6.18 Å². The van der Waals surface area contributed by atoms with E-state index in [9.17, 15) is 18.0 Å². The minimum atomic E-state index is -4.65. The average Bonchev–Trinajstić information content (AvgIpc) is 3.08. The van der Waals surface area contributed by atoms with E-state index < -0.39 is 17.9 Å². The molecule has 0 aliphatic carbocycles. The van der Waals surface area contributed by atoms with Crippen molar-refractivity contribution in [1.29, 1.82) is 0 Å². The van der Waals surface area contributed by atoms with Gasteiger partial charge in [-0.3, -0.25) is 9.78 Å². The highest BCUT2D eigenvalue weighted by Gasteiger charge is 2.36. The summed E-state index contributed by atoms with van der Waals surface area (Å²) in [4.78, 5) is 26.1. The third-order valence-electron chi connectivity index (χ3n) is 4.51. The van der Waals surface area contributed by atoms with E-state index in [0.717, 1.165) is 11.8 Å². The fraction of sp³-hybridized carbons (Fsp3) is 0.200. The van der Waals surface area contributed by atoms with Crippen LogP contribution in [0.1, 0.15) is 12.1 Å². The average molecular weight is 399 g/mol. The molecule has 1 aromatic carbocycles. The molecule has 2 aromatic heterocycles. The lowest BCUT2D eigenvalue weighted by atomic mass is 10.2. The van der Waals surface area contributed by atoms with Crippen molar-refractivity contribution in [2.45, 2.75) is 18.6 Å². The van der Waals surface area contributed by atoms with Gasteiger partial charge in [-0.05, 0) is 30.7 Å². The number of carbonyl (C=O) groups is 1. The Morgan fingerprint density at radius 2 is 1.79 bits per heavy atom. The number of alkyl halides is 3. The second kappa shape index (κ2) is 7.50. The summed E-state index contributed by atoms with van der Waals surface area (Å²) >= 11 is 0. The lowest BCUT2D eigenvalue weighted by Crippen LogP contribution is -2.33. The number of nitrogens with zero attached hydrogens (tertiary/aromatic N) is 4. The molecule has 1 fully saturated rings. The highest BCUT2D eigenvalue weighted by atomic mass is 19.4. The zero-order valence-corrected chi connectivity index (χ0v) is 15.1. The van der Waals surface area contributed by atoms with Gasteiger partial charge in [0.25, 0.3) is 0 Å². The molecule has 3 aromatic rings. The first-order chi connectivity index (χ1) is 13.9. The first kappa shape index (κ1) is 18.9. The van der Waals surface area contributed by atoms with Crippen LogP contribution >= 0.6 is 0 Å². The van der Waals surface area contributed by atoms with Crippen LogP contribution in [0.5, 0.6) is 0 Å². The predicted octanol–water partition coefficient (Wildman–Crippen LogP) is 3.77. The number of para-hydroxylation sites is 1. The number of anilines is 2. The first-order valence-corrected chi connectivity index (χ1v) is 8.92. The van der Waals surface area contributed by atoms with E-state index in [2.05, 4.69) is 20.3 Å². The van der Waals surface area contributed by atoms with Crippen LogP contribution in [0.2, 0.25) is 0 Å². The highest BCUT2D eigenvalue weighted by molar-refractivity contribution is 6.00. The number of nitrogens with one attached hydrogen (secondary N) is 1. The molecule has 0 saturated carbocycles. The summed E-state index contributed by atoms with van der Waals surface area (Å²) in [7, 11) is 0. The molecule has 1 saturated heterocycles.